The number of carbonyl (C=O) groups excluding carboxylic acids is 1. The first-order chi connectivity index (χ1) is 10.2. The molecular weight excluding hydrogens is 286 g/mol. The minimum Gasteiger partial charge on any atom is -0.369 e. The SMILES string of the molecule is CCNc1ncc(C(=O)NC2CCCCCCC2)cc1Cl. The van der Waals surface area contributed by atoms with Crippen LogP contribution in [-0.4, -0.2) is 23.5 Å². The van der Waals surface area contributed by atoms with Crippen molar-refractivity contribution in [3.63, 3.8) is 0 Å². The molecule has 0 atom stereocenters. The minimum absolute atomic E-state index is 0.0713. The zero-order chi connectivity index (χ0) is 15.1. The van der Waals surface area contributed by atoms with Gasteiger partial charge >= 0.3 is 0 Å². The lowest BCUT2D eigenvalue weighted by atomic mass is 9.96. The van der Waals surface area contributed by atoms with Crippen LogP contribution in [0.5, 0.6) is 0 Å². The van der Waals surface area contributed by atoms with Gasteiger partial charge in [0.1, 0.15) is 5.82 Å². The number of halogens is 1. The van der Waals surface area contributed by atoms with E-state index in [1.165, 1.54) is 32.1 Å². The van der Waals surface area contributed by atoms with Crippen molar-refractivity contribution in [2.45, 2.75) is 57.9 Å². The summed E-state index contributed by atoms with van der Waals surface area (Å²) in [6.07, 6.45) is 10.00. The second kappa shape index (κ2) is 8.23. The number of anilines is 1. The smallest absolute Gasteiger partial charge is 0.253 e. The van der Waals surface area contributed by atoms with Crippen LogP contribution in [0.2, 0.25) is 5.02 Å². The molecular formula is C16H24ClN3O. The van der Waals surface area contributed by atoms with Gasteiger partial charge in [-0.15, -0.1) is 0 Å². The zero-order valence-electron chi connectivity index (χ0n) is 12.6. The van der Waals surface area contributed by atoms with Crippen LogP contribution in [0, 0.1) is 0 Å². The van der Waals surface area contributed by atoms with E-state index >= 15 is 0 Å². The number of aromatic nitrogens is 1. The van der Waals surface area contributed by atoms with Gasteiger partial charge in [0, 0.05) is 18.8 Å². The van der Waals surface area contributed by atoms with Crippen molar-refractivity contribution in [1.82, 2.24) is 10.3 Å². The van der Waals surface area contributed by atoms with Crippen LogP contribution >= 0.6 is 11.6 Å². The fourth-order valence-corrected chi connectivity index (χ4v) is 2.96. The molecule has 116 valence electrons. The van der Waals surface area contributed by atoms with Crippen molar-refractivity contribution in [2.24, 2.45) is 0 Å². The predicted molar refractivity (Wildman–Crippen MR) is 87.0 cm³/mol. The third kappa shape index (κ3) is 4.88. The molecule has 1 fully saturated rings. The fourth-order valence-electron chi connectivity index (χ4n) is 2.73. The maximum absolute atomic E-state index is 12.3. The molecule has 5 heteroatoms. The lowest BCUT2D eigenvalue weighted by Gasteiger charge is -2.21. The van der Waals surface area contributed by atoms with Crippen LogP contribution in [0.1, 0.15) is 62.2 Å². The number of nitrogens with zero attached hydrogens (tertiary/aromatic N) is 1. The number of carbonyl (C=O) groups is 1. The number of pyridine rings is 1. The molecule has 1 aliphatic rings. The molecule has 1 aliphatic carbocycles. The summed E-state index contributed by atoms with van der Waals surface area (Å²) in [4.78, 5) is 16.5. The Kier molecular flexibility index (Phi) is 6.30. The van der Waals surface area contributed by atoms with Crippen molar-refractivity contribution in [1.29, 1.82) is 0 Å². The summed E-state index contributed by atoms with van der Waals surface area (Å²) in [6.45, 7) is 2.73. The van der Waals surface area contributed by atoms with Gasteiger partial charge in [-0.2, -0.15) is 0 Å². The molecule has 0 spiro atoms. The van der Waals surface area contributed by atoms with Crippen LogP contribution in [0.3, 0.4) is 0 Å². The van der Waals surface area contributed by atoms with Gasteiger partial charge in [-0.3, -0.25) is 4.79 Å². The van der Waals surface area contributed by atoms with E-state index in [2.05, 4.69) is 15.6 Å². The highest BCUT2D eigenvalue weighted by atomic mass is 35.5. The van der Waals surface area contributed by atoms with E-state index in [0.717, 1.165) is 19.4 Å². The largest absolute Gasteiger partial charge is 0.369 e. The highest BCUT2D eigenvalue weighted by Gasteiger charge is 2.16. The van der Waals surface area contributed by atoms with Gasteiger partial charge < -0.3 is 10.6 Å². The Morgan fingerprint density at radius 2 is 1.95 bits per heavy atom. The van der Waals surface area contributed by atoms with Crippen LogP contribution in [0.25, 0.3) is 0 Å². The summed E-state index contributed by atoms with van der Waals surface area (Å²) in [7, 11) is 0. The molecule has 1 aromatic heterocycles. The topological polar surface area (TPSA) is 54.0 Å². The van der Waals surface area contributed by atoms with E-state index in [9.17, 15) is 4.79 Å². The maximum Gasteiger partial charge on any atom is 0.253 e. The molecule has 0 radical (unpaired) electrons. The quantitative estimate of drug-likeness (QED) is 0.883. The van der Waals surface area contributed by atoms with E-state index in [4.69, 9.17) is 11.6 Å². The Balaban J connectivity index is 1.97. The molecule has 2 N–H and O–H groups in total. The molecule has 4 nitrogen and oxygen atoms in total. The Labute approximate surface area is 131 Å². The fraction of sp³-hybridized carbons (Fsp3) is 0.625. The van der Waals surface area contributed by atoms with Crippen LogP contribution < -0.4 is 10.6 Å². The summed E-state index contributed by atoms with van der Waals surface area (Å²) in [5.41, 5.74) is 0.531. The van der Waals surface area contributed by atoms with Gasteiger partial charge in [-0.1, -0.05) is 43.7 Å². The van der Waals surface area contributed by atoms with E-state index in [1.54, 1.807) is 12.3 Å². The van der Waals surface area contributed by atoms with Crippen LogP contribution in [-0.2, 0) is 0 Å². The summed E-state index contributed by atoms with van der Waals surface area (Å²) >= 11 is 6.14. The summed E-state index contributed by atoms with van der Waals surface area (Å²) in [5, 5.41) is 6.68. The molecule has 0 bridgehead atoms. The van der Waals surface area contributed by atoms with Crippen LogP contribution in [0.15, 0.2) is 12.3 Å². The highest BCUT2D eigenvalue weighted by molar-refractivity contribution is 6.33. The first kappa shape index (κ1) is 16.1. The van der Waals surface area contributed by atoms with Gasteiger partial charge in [0.25, 0.3) is 5.91 Å². The predicted octanol–water partition coefficient (Wildman–Crippen LogP) is 4.01. The van der Waals surface area contributed by atoms with Crippen molar-refractivity contribution >= 4 is 23.3 Å². The second-order valence-electron chi connectivity index (χ2n) is 5.60. The molecule has 1 aromatic rings. The third-order valence-corrected chi connectivity index (χ3v) is 4.18. The second-order valence-corrected chi connectivity index (χ2v) is 6.01. The van der Waals surface area contributed by atoms with Crippen LogP contribution in [0.4, 0.5) is 5.82 Å². The molecule has 0 aliphatic heterocycles. The summed E-state index contributed by atoms with van der Waals surface area (Å²) < 4.78 is 0. The molecule has 1 saturated carbocycles. The van der Waals surface area contributed by atoms with Crippen molar-refractivity contribution in [3.05, 3.63) is 22.8 Å². The van der Waals surface area contributed by atoms with E-state index < -0.39 is 0 Å². The molecule has 0 saturated heterocycles. The monoisotopic (exact) mass is 309 g/mol. The first-order valence-corrected chi connectivity index (χ1v) is 8.28. The number of hydrogen-bond acceptors (Lipinski definition) is 3. The molecule has 2 rings (SSSR count). The maximum atomic E-state index is 12.3. The standard InChI is InChI=1S/C16H24ClN3O/c1-2-18-15-14(17)10-12(11-19-15)16(21)20-13-8-6-4-3-5-7-9-13/h10-11,13H,2-9H2,1H3,(H,18,19)(H,20,21). The lowest BCUT2D eigenvalue weighted by Crippen LogP contribution is -2.35. The number of rotatable bonds is 4. The van der Waals surface area contributed by atoms with Gasteiger partial charge in [0.15, 0.2) is 0 Å². The molecule has 1 amide bonds. The third-order valence-electron chi connectivity index (χ3n) is 3.89. The average molecular weight is 310 g/mol. The average Bonchev–Trinajstić information content (AvgIpc) is 2.44. The Morgan fingerprint density at radius 3 is 2.57 bits per heavy atom. The van der Waals surface area contributed by atoms with Gasteiger partial charge in [-0.05, 0) is 25.8 Å². The van der Waals surface area contributed by atoms with E-state index in [1.807, 2.05) is 6.92 Å². The highest BCUT2D eigenvalue weighted by Crippen LogP contribution is 2.21. The van der Waals surface area contributed by atoms with Crippen molar-refractivity contribution in [2.75, 3.05) is 11.9 Å². The zero-order valence-corrected chi connectivity index (χ0v) is 13.4. The molecule has 0 aromatic carbocycles. The number of nitrogens with one attached hydrogen (secondary N) is 2. The summed E-state index contributed by atoms with van der Waals surface area (Å²) in [6, 6.07) is 1.97. The van der Waals surface area contributed by atoms with Gasteiger partial charge in [0.05, 0.1) is 10.6 Å². The van der Waals surface area contributed by atoms with Gasteiger partial charge in [-0.25, -0.2) is 4.98 Å². The number of amides is 1. The Hall–Kier alpha value is -1.29. The van der Waals surface area contributed by atoms with E-state index in [0.29, 0.717) is 16.4 Å². The lowest BCUT2D eigenvalue weighted by molar-refractivity contribution is 0.0930. The molecule has 21 heavy (non-hydrogen) atoms. The normalized spacial score (nSPS) is 16.9. The Morgan fingerprint density at radius 1 is 1.29 bits per heavy atom. The molecule has 1 heterocycles. The minimum atomic E-state index is -0.0713. The first-order valence-electron chi connectivity index (χ1n) is 7.91. The molecule has 0 unspecified atom stereocenters. The van der Waals surface area contributed by atoms with E-state index in [-0.39, 0.29) is 11.9 Å². The van der Waals surface area contributed by atoms with Crippen molar-refractivity contribution in [3.8, 4) is 0 Å². The number of hydrogen-bond donors (Lipinski definition) is 2. The van der Waals surface area contributed by atoms with Gasteiger partial charge in [0.2, 0.25) is 0 Å². The van der Waals surface area contributed by atoms with Crippen molar-refractivity contribution < 1.29 is 4.79 Å². The Bertz CT molecular complexity index is 471. The summed E-state index contributed by atoms with van der Waals surface area (Å²) in [5.74, 6) is 0.555.